The number of terminal acetylenes is 2. The van der Waals surface area contributed by atoms with Crippen molar-refractivity contribution in [3.8, 4) is 25.7 Å². The van der Waals surface area contributed by atoms with Crippen LogP contribution in [0.3, 0.4) is 0 Å². The van der Waals surface area contributed by atoms with E-state index in [0.717, 1.165) is 34.1 Å². The number of carbonyl (C=O) groups is 3. The molecule has 2 unspecified atom stereocenters. The van der Waals surface area contributed by atoms with Gasteiger partial charge in [0.15, 0.2) is 0 Å². The molecule has 5 N–H and O–H groups in total. The van der Waals surface area contributed by atoms with Gasteiger partial charge in [0.25, 0.3) is 0 Å². The standard InChI is InChI=1S/C25H30N4O3.C6H12.C3H6.C2H6.2C2H2.2H2/c1-15(2)24(25(27)32)28-21(30)12-13-22(31)29-14-17-8-4-5-9-18(17)16(3)23(26)19-10-6-7-11-20(19)29;1-3-6-4-5(6)2;1-3-2;3*1-2;;/h4-11,15,24H,12-14,26H2,1-3H3,(H2,27,32)(H,28,30);5-6H,3-4H2,1-2H3;3H,1H2,2H3;1-2H3;2*1-2H;2*1H/b23-16+;;;;;;;/t24-;;;;;;;/m0......./s1. The maximum Gasteiger partial charge on any atom is 0.240 e. The molecule has 0 bridgehead atoms. The molecule has 2 aromatic carbocycles. The van der Waals surface area contributed by atoms with E-state index in [4.69, 9.17) is 11.5 Å². The molecule has 3 amide bonds. The molecule has 2 aromatic rings. The van der Waals surface area contributed by atoms with Crippen molar-refractivity contribution in [2.24, 2.45) is 29.2 Å². The van der Waals surface area contributed by atoms with Crippen LogP contribution in [0.1, 0.15) is 101 Å². The highest BCUT2D eigenvalue weighted by molar-refractivity contribution is 6.02. The van der Waals surface area contributed by atoms with E-state index >= 15 is 0 Å². The molecular weight excluding hydrogens is 584 g/mol. The molecule has 0 aromatic heterocycles. The number of nitrogens with zero attached hydrogens (tertiary/aromatic N) is 1. The first-order chi connectivity index (χ1) is 22.5. The molecular formula is C40H62N4O3. The lowest BCUT2D eigenvalue weighted by Gasteiger charge is -2.29. The van der Waals surface area contributed by atoms with Gasteiger partial charge in [-0.1, -0.05) is 96.5 Å². The topological polar surface area (TPSA) is 119 Å². The van der Waals surface area contributed by atoms with E-state index < -0.39 is 11.9 Å². The average Bonchev–Trinajstić information content (AvgIpc) is 3.82. The lowest BCUT2D eigenvalue weighted by molar-refractivity contribution is -0.129. The fraction of sp³-hybridized carbons (Fsp3) is 0.425. The van der Waals surface area contributed by atoms with Crippen LogP contribution in [0.5, 0.6) is 0 Å². The molecule has 3 atom stereocenters. The lowest BCUT2D eigenvalue weighted by Crippen LogP contribution is -2.47. The zero-order valence-corrected chi connectivity index (χ0v) is 29.9. The van der Waals surface area contributed by atoms with Crippen molar-refractivity contribution in [2.45, 2.75) is 93.7 Å². The van der Waals surface area contributed by atoms with Gasteiger partial charge in [-0.15, -0.1) is 32.3 Å². The Morgan fingerprint density at radius 1 is 1.02 bits per heavy atom. The third-order valence-electron chi connectivity index (χ3n) is 7.60. The zero-order chi connectivity index (χ0) is 36.7. The number of carbonyl (C=O) groups excluding carboxylic acids is 3. The molecule has 1 heterocycles. The number of benzene rings is 2. The summed E-state index contributed by atoms with van der Waals surface area (Å²) in [6, 6.07) is 14.6. The van der Waals surface area contributed by atoms with Crippen LogP contribution in [0.2, 0.25) is 0 Å². The number of fused-ring (bicyclic) bond motifs is 2. The number of hydrogen-bond donors (Lipinski definition) is 3. The number of nitrogens with two attached hydrogens (primary N) is 2. The van der Waals surface area contributed by atoms with Crippen LogP contribution < -0.4 is 21.7 Å². The van der Waals surface area contributed by atoms with E-state index in [0.29, 0.717) is 17.9 Å². The Bertz CT molecular complexity index is 1340. The minimum absolute atomic E-state index is 0. The van der Waals surface area contributed by atoms with Crippen molar-refractivity contribution in [3.05, 3.63) is 77.9 Å². The first kappa shape index (κ1) is 44.4. The smallest absolute Gasteiger partial charge is 0.240 e. The Labute approximate surface area is 288 Å². The summed E-state index contributed by atoms with van der Waals surface area (Å²) in [6.45, 7) is 19.8. The van der Waals surface area contributed by atoms with Crippen LogP contribution in [-0.4, -0.2) is 23.8 Å². The molecule has 7 nitrogen and oxygen atoms in total. The number of amides is 3. The second-order valence-electron chi connectivity index (χ2n) is 11.2. The van der Waals surface area contributed by atoms with Gasteiger partial charge in [0.2, 0.25) is 17.7 Å². The molecule has 4 rings (SSSR count). The lowest BCUT2D eigenvalue weighted by atomic mass is 9.93. The molecule has 1 saturated carbocycles. The molecule has 47 heavy (non-hydrogen) atoms. The summed E-state index contributed by atoms with van der Waals surface area (Å²) in [4.78, 5) is 38.9. The van der Waals surface area contributed by atoms with E-state index in [1.807, 2.05) is 76.2 Å². The fourth-order valence-corrected chi connectivity index (χ4v) is 4.92. The van der Waals surface area contributed by atoms with Crippen LogP contribution in [0, 0.1) is 43.4 Å². The summed E-state index contributed by atoms with van der Waals surface area (Å²) in [5.41, 5.74) is 16.9. The minimum atomic E-state index is -0.764. The van der Waals surface area contributed by atoms with Gasteiger partial charge in [-0.2, -0.15) is 0 Å². The normalized spacial score (nSPS) is 17.2. The number of rotatable bonds is 7. The van der Waals surface area contributed by atoms with Gasteiger partial charge in [-0.3, -0.25) is 14.4 Å². The quantitative estimate of drug-likeness (QED) is 0.208. The predicted molar refractivity (Wildman–Crippen MR) is 205 cm³/mol. The summed E-state index contributed by atoms with van der Waals surface area (Å²) in [5.74, 6) is 0.858. The highest BCUT2D eigenvalue weighted by Gasteiger charge is 2.30. The number of para-hydroxylation sites is 1. The molecule has 260 valence electrons. The number of allylic oxidation sites excluding steroid dienone is 2. The van der Waals surface area contributed by atoms with E-state index in [1.165, 1.54) is 12.8 Å². The Hall–Kier alpha value is -4.75. The fourth-order valence-electron chi connectivity index (χ4n) is 4.92. The largest absolute Gasteiger partial charge is 0.398 e. The third kappa shape index (κ3) is 14.5. The van der Waals surface area contributed by atoms with Crippen LogP contribution in [-0.2, 0) is 20.9 Å². The molecule has 0 radical (unpaired) electrons. The van der Waals surface area contributed by atoms with E-state index in [1.54, 1.807) is 24.8 Å². The molecule has 0 saturated heterocycles. The van der Waals surface area contributed by atoms with E-state index in [9.17, 15) is 14.4 Å². The highest BCUT2D eigenvalue weighted by Crippen LogP contribution is 2.40. The Morgan fingerprint density at radius 2 is 1.51 bits per heavy atom. The third-order valence-corrected chi connectivity index (χ3v) is 7.60. The highest BCUT2D eigenvalue weighted by atomic mass is 16.2. The predicted octanol–water partition coefficient (Wildman–Crippen LogP) is 8.05. The van der Waals surface area contributed by atoms with Crippen molar-refractivity contribution in [1.29, 1.82) is 0 Å². The Balaban J connectivity index is -0.000000506. The molecule has 7 heteroatoms. The van der Waals surface area contributed by atoms with Gasteiger partial charge < -0.3 is 21.7 Å². The monoisotopic (exact) mass is 646 g/mol. The molecule has 1 aliphatic heterocycles. The van der Waals surface area contributed by atoms with Gasteiger partial charge in [0, 0.05) is 27.0 Å². The van der Waals surface area contributed by atoms with Gasteiger partial charge in [0.05, 0.1) is 12.2 Å². The number of anilines is 1. The molecule has 0 spiro atoms. The van der Waals surface area contributed by atoms with Gasteiger partial charge in [-0.05, 0) is 60.8 Å². The summed E-state index contributed by atoms with van der Waals surface area (Å²) in [7, 11) is 0. The zero-order valence-electron chi connectivity index (χ0n) is 29.9. The van der Waals surface area contributed by atoms with Crippen LogP contribution >= 0.6 is 0 Å². The summed E-state index contributed by atoms with van der Waals surface area (Å²) < 4.78 is 0. The van der Waals surface area contributed by atoms with Crippen molar-refractivity contribution < 1.29 is 17.2 Å². The minimum Gasteiger partial charge on any atom is -0.398 e. The van der Waals surface area contributed by atoms with Crippen molar-refractivity contribution in [2.75, 3.05) is 4.90 Å². The van der Waals surface area contributed by atoms with Crippen molar-refractivity contribution in [1.82, 2.24) is 5.32 Å². The van der Waals surface area contributed by atoms with Gasteiger partial charge in [0.1, 0.15) is 6.04 Å². The van der Waals surface area contributed by atoms with Crippen LogP contribution in [0.4, 0.5) is 5.69 Å². The van der Waals surface area contributed by atoms with Crippen molar-refractivity contribution >= 4 is 34.7 Å². The van der Waals surface area contributed by atoms with Crippen LogP contribution in [0.15, 0.2) is 61.2 Å². The summed E-state index contributed by atoms with van der Waals surface area (Å²) >= 11 is 0. The van der Waals surface area contributed by atoms with E-state index in [-0.39, 0.29) is 33.4 Å². The number of primary amides is 1. The summed E-state index contributed by atoms with van der Waals surface area (Å²) in [5, 5.41) is 2.63. The second kappa shape index (κ2) is 24.5. The SMILES string of the molecule is C#C.C#C.C/C1=C(\N)c2ccccc2N(C(=O)CCC(=O)N[C@H](C(N)=O)C(C)C)Cc2ccccc21.C=CC.CC.CCC1CC1C.[HH].[HH]. The van der Waals surface area contributed by atoms with Crippen LogP contribution in [0.25, 0.3) is 11.3 Å². The average molecular weight is 647 g/mol. The number of hydrogen-bond acceptors (Lipinski definition) is 4. The first-order valence-corrected chi connectivity index (χ1v) is 16.2. The molecule has 1 aliphatic carbocycles. The molecule has 2 aliphatic rings. The first-order valence-electron chi connectivity index (χ1n) is 16.2. The van der Waals surface area contributed by atoms with E-state index in [2.05, 4.69) is 51.4 Å². The second-order valence-corrected chi connectivity index (χ2v) is 11.2. The Kier molecular flexibility index (Phi) is 23.1. The summed E-state index contributed by atoms with van der Waals surface area (Å²) in [6.07, 6.45) is 20.6. The van der Waals surface area contributed by atoms with Gasteiger partial charge in [-0.25, -0.2) is 0 Å². The maximum absolute atomic E-state index is 13.3. The molecule has 1 fully saturated rings. The Morgan fingerprint density at radius 3 is 1.96 bits per heavy atom. The number of nitrogens with one attached hydrogen (secondary N) is 1. The van der Waals surface area contributed by atoms with Gasteiger partial charge >= 0.3 is 0 Å². The van der Waals surface area contributed by atoms with Crippen molar-refractivity contribution in [3.63, 3.8) is 0 Å². The maximum atomic E-state index is 13.3.